The van der Waals surface area contributed by atoms with E-state index in [4.69, 9.17) is 9.84 Å². The van der Waals surface area contributed by atoms with Crippen molar-refractivity contribution in [2.75, 3.05) is 19.8 Å². The standard InChI is InChI=1S/C12H17NO3/c1-2-16-12(15)13(8-9-14)10-11-6-4-3-5-7-11/h3-7,14H,2,8-10H2,1H3. The van der Waals surface area contributed by atoms with Crippen LogP contribution in [-0.4, -0.2) is 35.9 Å². The molecule has 0 saturated carbocycles. The number of carbonyl (C=O) groups excluding carboxylic acids is 1. The Morgan fingerprint density at radius 2 is 2.06 bits per heavy atom. The van der Waals surface area contributed by atoms with Crippen molar-refractivity contribution in [1.82, 2.24) is 4.90 Å². The van der Waals surface area contributed by atoms with Gasteiger partial charge in [-0.15, -0.1) is 0 Å². The second-order valence-corrected chi connectivity index (χ2v) is 3.33. The second-order valence-electron chi connectivity index (χ2n) is 3.33. The van der Waals surface area contributed by atoms with Crippen molar-refractivity contribution in [3.8, 4) is 0 Å². The number of carbonyl (C=O) groups is 1. The van der Waals surface area contributed by atoms with Crippen LogP contribution in [0.1, 0.15) is 12.5 Å². The Morgan fingerprint density at radius 1 is 1.38 bits per heavy atom. The van der Waals surface area contributed by atoms with Crippen molar-refractivity contribution in [2.24, 2.45) is 0 Å². The predicted octanol–water partition coefficient (Wildman–Crippen LogP) is 1.64. The van der Waals surface area contributed by atoms with Gasteiger partial charge in [-0.05, 0) is 12.5 Å². The van der Waals surface area contributed by atoms with E-state index in [2.05, 4.69) is 0 Å². The van der Waals surface area contributed by atoms with Gasteiger partial charge in [0.05, 0.1) is 13.2 Å². The van der Waals surface area contributed by atoms with Gasteiger partial charge in [0.2, 0.25) is 0 Å². The average molecular weight is 223 g/mol. The lowest BCUT2D eigenvalue weighted by Crippen LogP contribution is -2.33. The molecule has 0 aliphatic heterocycles. The Hall–Kier alpha value is -1.55. The highest BCUT2D eigenvalue weighted by molar-refractivity contribution is 5.67. The van der Waals surface area contributed by atoms with Crippen molar-refractivity contribution < 1.29 is 14.6 Å². The van der Waals surface area contributed by atoms with Gasteiger partial charge in [0.25, 0.3) is 0 Å². The highest BCUT2D eigenvalue weighted by atomic mass is 16.6. The molecule has 0 atom stereocenters. The third-order valence-corrected chi connectivity index (χ3v) is 2.11. The molecular weight excluding hydrogens is 206 g/mol. The maximum atomic E-state index is 11.5. The maximum absolute atomic E-state index is 11.5. The summed E-state index contributed by atoms with van der Waals surface area (Å²) in [6.45, 7) is 2.78. The zero-order chi connectivity index (χ0) is 11.8. The summed E-state index contributed by atoms with van der Waals surface area (Å²) in [5, 5.41) is 8.88. The highest BCUT2D eigenvalue weighted by Gasteiger charge is 2.13. The molecule has 0 radical (unpaired) electrons. The lowest BCUT2D eigenvalue weighted by Gasteiger charge is -2.20. The number of aliphatic hydroxyl groups is 1. The number of aliphatic hydroxyl groups excluding tert-OH is 1. The number of amides is 1. The van der Waals surface area contributed by atoms with E-state index in [9.17, 15) is 4.79 Å². The molecule has 4 nitrogen and oxygen atoms in total. The lowest BCUT2D eigenvalue weighted by atomic mass is 10.2. The van der Waals surface area contributed by atoms with Crippen molar-refractivity contribution in [2.45, 2.75) is 13.5 Å². The largest absolute Gasteiger partial charge is 0.450 e. The van der Waals surface area contributed by atoms with E-state index in [0.717, 1.165) is 5.56 Å². The smallest absolute Gasteiger partial charge is 0.410 e. The Bertz CT molecular complexity index is 313. The minimum Gasteiger partial charge on any atom is -0.450 e. The maximum Gasteiger partial charge on any atom is 0.410 e. The molecular formula is C12H17NO3. The van der Waals surface area contributed by atoms with E-state index in [1.54, 1.807) is 6.92 Å². The Kier molecular flexibility index (Phi) is 5.36. The molecule has 0 heterocycles. The van der Waals surface area contributed by atoms with Gasteiger partial charge < -0.3 is 14.7 Å². The van der Waals surface area contributed by atoms with E-state index < -0.39 is 0 Å². The predicted molar refractivity (Wildman–Crippen MR) is 61.0 cm³/mol. The van der Waals surface area contributed by atoms with Crippen LogP contribution in [0.4, 0.5) is 4.79 Å². The van der Waals surface area contributed by atoms with Gasteiger partial charge in [-0.3, -0.25) is 0 Å². The highest BCUT2D eigenvalue weighted by Crippen LogP contribution is 2.05. The first-order valence-electron chi connectivity index (χ1n) is 5.34. The average Bonchev–Trinajstić information content (AvgIpc) is 2.30. The van der Waals surface area contributed by atoms with E-state index >= 15 is 0 Å². The van der Waals surface area contributed by atoms with Gasteiger partial charge in [-0.2, -0.15) is 0 Å². The molecule has 0 aromatic heterocycles. The van der Waals surface area contributed by atoms with Gasteiger partial charge in [-0.1, -0.05) is 30.3 Å². The molecule has 0 aliphatic carbocycles. The molecule has 0 bridgehead atoms. The Labute approximate surface area is 95.5 Å². The van der Waals surface area contributed by atoms with Crippen molar-refractivity contribution in [3.05, 3.63) is 35.9 Å². The summed E-state index contributed by atoms with van der Waals surface area (Å²) in [5.74, 6) is 0. The van der Waals surface area contributed by atoms with Crippen LogP contribution in [0.2, 0.25) is 0 Å². The lowest BCUT2D eigenvalue weighted by molar-refractivity contribution is 0.0956. The minimum atomic E-state index is -0.389. The molecule has 1 aromatic rings. The second kappa shape index (κ2) is 6.85. The fourth-order valence-corrected chi connectivity index (χ4v) is 1.37. The molecule has 0 unspecified atom stereocenters. The summed E-state index contributed by atoms with van der Waals surface area (Å²) in [5.41, 5.74) is 1.02. The summed E-state index contributed by atoms with van der Waals surface area (Å²) in [7, 11) is 0. The molecule has 0 fully saturated rings. The number of hydrogen-bond donors (Lipinski definition) is 1. The zero-order valence-corrected chi connectivity index (χ0v) is 9.43. The molecule has 1 N–H and O–H groups in total. The zero-order valence-electron chi connectivity index (χ0n) is 9.43. The third-order valence-electron chi connectivity index (χ3n) is 2.11. The Balaban J connectivity index is 2.60. The fourth-order valence-electron chi connectivity index (χ4n) is 1.37. The van der Waals surface area contributed by atoms with E-state index in [-0.39, 0.29) is 19.2 Å². The monoisotopic (exact) mass is 223 g/mol. The summed E-state index contributed by atoms with van der Waals surface area (Å²) in [6, 6.07) is 9.62. The molecule has 1 amide bonds. The molecule has 0 spiro atoms. The molecule has 16 heavy (non-hydrogen) atoms. The van der Waals surface area contributed by atoms with E-state index in [0.29, 0.717) is 13.2 Å². The molecule has 1 aromatic carbocycles. The number of hydrogen-bond acceptors (Lipinski definition) is 3. The van der Waals surface area contributed by atoms with Gasteiger partial charge in [0.1, 0.15) is 0 Å². The van der Waals surface area contributed by atoms with Crippen LogP contribution in [0.25, 0.3) is 0 Å². The van der Waals surface area contributed by atoms with Crippen LogP contribution in [0.3, 0.4) is 0 Å². The third kappa shape index (κ3) is 3.90. The summed E-state index contributed by atoms with van der Waals surface area (Å²) in [6.07, 6.45) is -0.389. The van der Waals surface area contributed by atoms with Crippen molar-refractivity contribution in [3.63, 3.8) is 0 Å². The van der Waals surface area contributed by atoms with Crippen LogP contribution in [0, 0.1) is 0 Å². The SMILES string of the molecule is CCOC(=O)N(CCO)Cc1ccccc1. The first kappa shape index (κ1) is 12.5. The molecule has 4 heteroatoms. The number of nitrogens with zero attached hydrogens (tertiary/aromatic N) is 1. The van der Waals surface area contributed by atoms with Gasteiger partial charge >= 0.3 is 6.09 Å². The quantitative estimate of drug-likeness (QED) is 0.825. The van der Waals surface area contributed by atoms with Gasteiger partial charge in [-0.25, -0.2) is 4.79 Å². The van der Waals surface area contributed by atoms with Crippen LogP contribution >= 0.6 is 0 Å². The van der Waals surface area contributed by atoms with Gasteiger partial charge in [0.15, 0.2) is 0 Å². The molecule has 1 rings (SSSR count). The fraction of sp³-hybridized carbons (Fsp3) is 0.417. The van der Waals surface area contributed by atoms with Crippen LogP contribution < -0.4 is 0 Å². The first-order valence-corrected chi connectivity index (χ1v) is 5.34. The summed E-state index contributed by atoms with van der Waals surface area (Å²) in [4.78, 5) is 13.0. The number of benzene rings is 1. The van der Waals surface area contributed by atoms with Gasteiger partial charge in [0, 0.05) is 13.1 Å². The van der Waals surface area contributed by atoms with Crippen molar-refractivity contribution in [1.29, 1.82) is 0 Å². The Morgan fingerprint density at radius 3 is 2.62 bits per heavy atom. The topological polar surface area (TPSA) is 49.8 Å². The van der Waals surface area contributed by atoms with Crippen LogP contribution in [-0.2, 0) is 11.3 Å². The number of ether oxygens (including phenoxy) is 1. The van der Waals surface area contributed by atoms with E-state index in [1.165, 1.54) is 4.90 Å². The minimum absolute atomic E-state index is 0.0638. The normalized spacial score (nSPS) is 9.88. The molecule has 0 aliphatic rings. The van der Waals surface area contributed by atoms with E-state index in [1.807, 2.05) is 30.3 Å². The number of rotatable bonds is 5. The van der Waals surface area contributed by atoms with Crippen molar-refractivity contribution >= 4 is 6.09 Å². The summed E-state index contributed by atoms with van der Waals surface area (Å²) < 4.78 is 4.90. The van der Waals surface area contributed by atoms with Crippen LogP contribution in [0.15, 0.2) is 30.3 Å². The molecule has 0 saturated heterocycles. The van der Waals surface area contributed by atoms with Crippen LogP contribution in [0.5, 0.6) is 0 Å². The first-order chi connectivity index (χ1) is 7.77. The summed E-state index contributed by atoms with van der Waals surface area (Å²) >= 11 is 0. The molecule has 88 valence electrons.